The minimum absolute atomic E-state index is 0.141. The number of aliphatic carboxylic acids is 1. The van der Waals surface area contributed by atoms with Crippen LogP contribution in [0.5, 0.6) is 0 Å². The maximum absolute atomic E-state index is 10.9. The molecule has 0 heterocycles. The van der Waals surface area contributed by atoms with E-state index in [0.29, 0.717) is 19.4 Å². The lowest BCUT2D eigenvalue weighted by molar-refractivity contribution is -0.178. The lowest BCUT2D eigenvalue weighted by Gasteiger charge is -2.42. The molecule has 0 bridgehead atoms. The zero-order chi connectivity index (χ0) is 10.8. The molecule has 0 saturated heterocycles. The normalized spacial score (nSPS) is 30.5. The largest absolute Gasteiger partial charge is 0.479 e. The van der Waals surface area contributed by atoms with Crippen LogP contribution >= 0.6 is 0 Å². The topological polar surface area (TPSA) is 66.8 Å². The van der Waals surface area contributed by atoms with Crippen molar-refractivity contribution < 1.29 is 19.7 Å². The highest BCUT2D eigenvalue weighted by Crippen LogP contribution is 2.40. The molecule has 0 aromatic heterocycles. The molecular weight excluding hydrogens is 184 g/mol. The Bertz CT molecular complexity index is 210. The minimum Gasteiger partial charge on any atom is -0.479 e. The Morgan fingerprint density at radius 1 is 1.50 bits per heavy atom. The first-order valence-corrected chi connectivity index (χ1v) is 5.12. The second kappa shape index (κ2) is 4.28. The van der Waals surface area contributed by atoms with E-state index in [0.717, 1.165) is 0 Å². The average Bonchev–Trinajstić information content (AvgIpc) is 2.09. The van der Waals surface area contributed by atoms with Crippen molar-refractivity contribution in [2.75, 3.05) is 6.61 Å². The van der Waals surface area contributed by atoms with Gasteiger partial charge in [0.25, 0.3) is 0 Å². The fourth-order valence-corrected chi connectivity index (χ4v) is 1.94. The first-order valence-electron chi connectivity index (χ1n) is 5.12. The molecule has 0 aliphatic heterocycles. The van der Waals surface area contributed by atoms with Crippen molar-refractivity contribution in [3.8, 4) is 0 Å². The molecule has 1 unspecified atom stereocenters. The molecule has 0 aromatic rings. The van der Waals surface area contributed by atoms with Crippen molar-refractivity contribution in [1.82, 2.24) is 0 Å². The smallest absolute Gasteiger partial charge is 0.335 e. The van der Waals surface area contributed by atoms with E-state index in [4.69, 9.17) is 9.84 Å². The molecule has 0 radical (unpaired) electrons. The van der Waals surface area contributed by atoms with Gasteiger partial charge in [0, 0.05) is 12.5 Å². The van der Waals surface area contributed by atoms with Crippen LogP contribution in [0.4, 0.5) is 0 Å². The molecular formula is C10H18O4. The van der Waals surface area contributed by atoms with E-state index in [1.54, 1.807) is 6.92 Å². The minimum atomic E-state index is -1.55. The summed E-state index contributed by atoms with van der Waals surface area (Å²) in [5.74, 6) is -1.26. The summed E-state index contributed by atoms with van der Waals surface area (Å²) in [6, 6.07) is 0. The number of carboxylic acids is 1. The lowest BCUT2D eigenvalue weighted by Crippen LogP contribution is -2.52. The van der Waals surface area contributed by atoms with Gasteiger partial charge in [-0.15, -0.1) is 0 Å². The molecule has 2 N–H and O–H groups in total. The van der Waals surface area contributed by atoms with Gasteiger partial charge in [-0.3, -0.25) is 0 Å². The van der Waals surface area contributed by atoms with Crippen molar-refractivity contribution in [2.45, 2.75) is 44.8 Å². The fourth-order valence-electron chi connectivity index (χ4n) is 1.94. The van der Waals surface area contributed by atoms with Crippen molar-refractivity contribution in [3.63, 3.8) is 0 Å². The van der Waals surface area contributed by atoms with Crippen LogP contribution in [0.1, 0.15) is 33.1 Å². The van der Waals surface area contributed by atoms with Crippen LogP contribution in [-0.2, 0) is 9.53 Å². The zero-order valence-corrected chi connectivity index (χ0v) is 8.69. The molecule has 0 spiro atoms. The number of hydrogen-bond donors (Lipinski definition) is 2. The van der Waals surface area contributed by atoms with E-state index in [-0.39, 0.29) is 18.4 Å². The number of carboxylic acid groups (broad SMARTS) is 1. The van der Waals surface area contributed by atoms with Gasteiger partial charge in [0.15, 0.2) is 5.60 Å². The van der Waals surface area contributed by atoms with Gasteiger partial charge in [-0.05, 0) is 26.2 Å². The van der Waals surface area contributed by atoms with Gasteiger partial charge in [0.2, 0.25) is 0 Å². The van der Waals surface area contributed by atoms with Gasteiger partial charge in [0.05, 0.1) is 6.10 Å². The van der Waals surface area contributed by atoms with Crippen molar-refractivity contribution in [3.05, 3.63) is 0 Å². The Morgan fingerprint density at radius 3 is 2.43 bits per heavy atom. The van der Waals surface area contributed by atoms with E-state index in [9.17, 15) is 9.90 Å². The quantitative estimate of drug-likeness (QED) is 0.698. The SMILES string of the molecule is CCOC1CC(C(O)(CC)C(=O)O)C1. The van der Waals surface area contributed by atoms with Crippen LogP contribution < -0.4 is 0 Å². The number of carbonyl (C=O) groups is 1. The summed E-state index contributed by atoms with van der Waals surface area (Å²) in [5.41, 5.74) is -1.55. The van der Waals surface area contributed by atoms with Gasteiger partial charge >= 0.3 is 5.97 Å². The van der Waals surface area contributed by atoms with Gasteiger partial charge in [-0.1, -0.05) is 6.92 Å². The Kier molecular flexibility index (Phi) is 3.50. The van der Waals surface area contributed by atoms with E-state index >= 15 is 0 Å². The highest BCUT2D eigenvalue weighted by atomic mass is 16.5. The molecule has 1 fully saturated rings. The van der Waals surface area contributed by atoms with Crippen LogP contribution in [0.2, 0.25) is 0 Å². The number of ether oxygens (including phenoxy) is 1. The molecule has 1 atom stereocenters. The van der Waals surface area contributed by atoms with Crippen LogP contribution in [0.25, 0.3) is 0 Å². The van der Waals surface area contributed by atoms with Gasteiger partial charge < -0.3 is 14.9 Å². The van der Waals surface area contributed by atoms with Crippen molar-refractivity contribution in [2.24, 2.45) is 5.92 Å². The average molecular weight is 202 g/mol. The zero-order valence-electron chi connectivity index (χ0n) is 8.69. The maximum Gasteiger partial charge on any atom is 0.335 e. The van der Waals surface area contributed by atoms with E-state index in [2.05, 4.69) is 0 Å². The summed E-state index contributed by atoms with van der Waals surface area (Å²) in [6.45, 7) is 4.26. The van der Waals surface area contributed by atoms with Gasteiger partial charge in [-0.2, -0.15) is 0 Å². The predicted molar refractivity (Wildman–Crippen MR) is 51.0 cm³/mol. The summed E-state index contributed by atoms with van der Waals surface area (Å²) >= 11 is 0. The van der Waals surface area contributed by atoms with E-state index < -0.39 is 11.6 Å². The maximum atomic E-state index is 10.9. The summed E-state index contributed by atoms with van der Waals surface area (Å²) in [7, 11) is 0. The van der Waals surface area contributed by atoms with Crippen molar-refractivity contribution >= 4 is 5.97 Å². The molecule has 14 heavy (non-hydrogen) atoms. The lowest BCUT2D eigenvalue weighted by atomic mass is 9.70. The second-order valence-electron chi connectivity index (χ2n) is 3.83. The fraction of sp³-hybridized carbons (Fsp3) is 0.900. The van der Waals surface area contributed by atoms with Crippen LogP contribution in [0, 0.1) is 5.92 Å². The molecule has 4 nitrogen and oxygen atoms in total. The standard InChI is InChI=1S/C10H18O4/c1-3-10(13,9(11)12)7-5-8(6-7)14-4-2/h7-8,13H,3-6H2,1-2H3,(H,11,12). The van der Waals surface area contributed by atoms with Crippen LogP contribution in [0.15, 0.2) is 0 Å². The summed E-state index contributed by atoms with van der Waals surface area (Å²) in [4.78, 5) is 10.9. The molecule has 1 rings (SSSR count). The number of rotatable bonds is 5. The van der Waals surface area contributed by atoms with Crippen LogP contribution in [0.3, 0.4) is 0 Å². The summed E-state index contributed by atoms with van der Waals surface area (Å²) in [5, 5.41) is 18.7. The highest BCUT2D eigenvalue weighted by molar-refractivity contribution is 5.77. The first-order chi connectivity index (χ1) is 6.54. The monoisotopic (exact) mass is 202 g/mol. The Labute approximate surface area is 83.9 Å². The predicted octanol–water partition coefficient (Wildman–Crippen LogP) is 1.03. The number of aliphatic hydroxyl groups is 1. The van der Waals surface area contributed by atoms with Gasteiger partial charge in [0.1, 0.15) is 0 Å². The van der Waals surface area contributed by atoms with Crippen LogP contribution in [-0.4, -0.2) is 34.5 Å². The molecule has 1 saturated carbocycles. The highest BCUT2D eigenvalue weighted by Gasteiger charge is 2.49. The molecule has 1 aliphatic rings. The molecule has 0 aromatic carbocycles. The summed E-state index contributed by atoms with van der Waals surface area (Å²) < 4.78 is 5.32. The first kappa shape index (κ1) is 11.5. The Balaban J connectivity index is 2.47. The third-order valence-electron chi connectivity index (χ3n) is 3.08. The summed E-state index contributed by atoms with van der Waals surface area (Å²) in [6.07, 6.45) is 1.71. The molecule has 4 heteroatoms. The third kappa shape index (κ3) is 1.91. The Hall–Kier alpha value is -0.610. The molecule has 1 aliphatic carbocycles. The molecule has 82 valence electrons. The third-order valence-corrected chi connectivity index (χ3v) is 3.08. The molecule has 0 amide bonds. The van der Waals surface area contributed by atoms with Crippen molar-refractivity contribution in [1.29, 1.82) is 0 Å². The van der Waals surface area contributed by atoms with E-state index in [1.165, 1.54) is 0 Å². The second-order valence-corrected chi connectivity index (χ2v) is 3.83. The van der Waals surface area contributed by atoms with E-state index in [1.807, 2.05) is 6.92 Å². The Morgan fingerprint density at radius 2 is 2.07 bits per heavy atom. The van der Waals surface area contributed by atoms with Gasteiger partial charge in [-0.25, -0.2) is 4.79 Å². The number of hydrogen-bond acceptors (Lipinski definition) is 3.